The van der Waals surface area contributed by atoms with E-state index in [-0.39, 0.29) is 0 Å². The topological polar surface area (TPSA) is 53.1 Å². The minimum absolute atomic E-state index is 0.464. The van der Waals surface area contributed by atoms with E-state index in [2.05, 4.69) is 17.2 Å². The highest BCUT2D eigenvalue weighted by Gasteiger charge is 2.20. The molecule has 0 amide bonds. The van der Waals surface area contributed by atoms with E-state index in [1.165, 1.54) is 11.3 Å². The molecule has 17 heavy (non-hydrogen) atoms. The van der Waals surface area contributed by atoms with Crippen molar-refractivity contribution >= 4 is 0 Å². The molecule has 0 saturated carbocycles. The number of nitrogens with zero attached hydrogens (tertiary/aromatic N) is 2. The molecule has 4 nitrogen and oxygen atoms in total. The quantitative estimate of drug-likeness (QED) is 0.847. The zero-order chi connectivity index (χ0) is 11.7. The Bertz CT molecular complexity index is 519. The molecule has 3 rings (SSSR count). The normalized spacial score (nSPS) is 14.6. The monoisotopic (exact) mass is 229 g/mol. The van der Waals surface area contributed by atoms with Gasteiger partial charge >= 0.3 is 0 Å². The van der Waals surface area contributed by atoms with Gasteiger partial charge in [-0.3, -0.25) is 0 Å². The van der Waals surface area contributed by atoms with Crippen LogP contribution in [-0.2, 0) is 24.3 Å². The number of aromatic nitrogens is 2. The molecule has 0 bridgehead atoms. The number of ether oxygens (including phenoxy) is 1. The minimum Gasteiger partial charge on any atom is -0.376 e. The fourth-order valence-corrected chi connectivity index (χ4v) is 2.25. The molecule has 0 aliphatic carbocycles. The van der Waals surface area contributed by atoms with Crippen molar-refractivity contribution in [1.29, 1.82) is 0 Å². The summed E-state index contributed by atoms with van der Waals surface area (Å²) >= 11 is 0. The molecule has 0 unspecified atom stereocenters. The van der Waals surface area contributed by atoms with Gasteiger partial charge in [-0.1, -0.05) is 18.2 Å². The van der Waals surface area contributed by atoms with Crippen molar-refractivity contribution in [2.75, 3.05) is 6.61 Å². The van der Waals surface area contributed by atoms with E-state index < -0.39 is 0 Å². The highest BCUT2D eigenvalue weighted by atomic mass is 16.5. The molecule has 2 aromatic rings. The van der Waals surface area contributed by atoms with Crippen molar-refractivity contribution in [3.63, 3.8) is 0 Å². The number of hydrogen-bond acceptors (Lipinski definition) is 3. The first kappa shape index (κ1) is 10.5. The maximum absolute atomic E-state index is 5.73. The lowest BCUT2D eigenvalue weighted by molar-refractivity contribution is 0.109. The van der Waals surface area contributed by atoms with Gasteiger partial charge in [-0.15, -0.1) is 0 Å². The zero-order valence-corrected chi connectivity index (χ0v) is 9.60. The Balaban J connectivity index is 2.14. The van der Waals surface area contributed by atoms with E-state index in [4.69, 9.17) is 10.5 Å². The van der Waals surface area contributed by atoms with Gasteiger partial charge in [0.05, 0.1) is 30.3 Å². The van der Waals surface area contributed by atoms with Gasteiger partial charge in [0.25, 0.3) is 0 Å². The van der Waals surface area contributed by atoms with Crippen LogP contribution in [0.15, 0.2) is 30.3 Å². The van der Waals surface area contributed by atoms with Crippen LogP contribution in [0.1, 0.15) is 17.0 Å². The van der Waals surface area contributed by atoms with Crippen molar-refractivity contribution in [2.24, 2.45) is 5.73 Å². The smallest absolute Gasteiger partial charge is 0.0822 e. The lowest BCUT2D eigenvalue weighted by Gasteiger charge is -2.14. The fourth-order valence-electron chi connectivity index (χ4n) is 2.25. The summed E-state index contributed by atoms with van der Waals surface area (Å²) in [7, 11) is 0. The number of para-hydroxylation sites is 1. The van der Waals surface area contributed by atoms with Crippen LogP contribution in [0, 0.1) is 0 Å². The maximum Gasteiger partial charge on any atom is 0.0822 e. The summed E-state index contributed by atoms with van der Waals surface area (Å²) in [6.07, 6.45) is 0.900. The molecular weight excluding hydrogens is 214 g/mol. The van der Waals surface area contributed by atoms with Crippen LogP contribution in [-0.4, -0.2) is 16.4 Å². The first-order valence-corrected chi connectivity index (χ1v) is 5.83. The van der Waals surface area contributed by atoms with Crippen LogP contribution < -0.4 is 5.73 Å². The van der Waals surface area contributed by atoms with Gasteiger partial charge in [0.1, 0.15) is 0 Å². The number of benzene rings is 1. The SMILES string of the molecule is NCc1nn(-c2ccccc2)c2c1COCC2. The Morgan fingerprint density at radius 3 is 2.88 bits per heavy atom. The Morgan fingerprint density at radius 2 is 2.12 bits per heavy atom. The molecule has 0 radical (unpaired) electrons. The van der Waals surface area contributed by atoms with E-state index in [1.54, 1.807) is 0 Å². The Morgan fingerprint density at radius 1 is 1.29 bits per heavy atom. The summed E-state index contributed by atoms with van der Waals surface area (Å²) in [4.78, 5) is 0. The second-order valence-corrected chi connectivity index (χ2v) is 4.13. The molecule has 4 heteroatoms. The second kappa shape index (κ2) is 4.31. The first-order valence-electron chi connectivity index (χ1n) is 5.83. The third-order valence-corrected chi connectivity index (χ3v) is 3.10. The highest BCUT2D eigenvalue weighted by molar-refractivity contribution is 5.38. The summed E-state index contributed by atoms with van der Waals surface area (Å²) in [5.41, 5.74) is 10.2. The van der Waals surface area contributed by atoms with Gasteiger partial charge in [-0.2, -0.15) is 5.10 Å². The molecule has 1 aliphatic heterocycles. The molecule has 1 aromatic carbocycles. The number of nitrogens with two attached hydrogens (primary N) is 1. The van der Waals surface area contributed by atoms with Gasteiger partial charge in [-0.25, -0.2) is 4.68 Å². The van der Waals surface area contributed by atoms with Crippen LogP contribution in [0.4, 0.5) is 0 Å². The summed E-state index contributed by atoms with van der Waals surface area (Å²) in [6.45, 7) is 1.86. The van der Waals surface area contributed by atoms with Crippen molar-refractivity contribution < 1.29 is 4.74 Å². The third-order valence-electron chi connectivity index (χ3n) is 3.10. The summed E-state index contributed by atoms with van der Waals surface area (Å²) in [5, 5.41) is 4.59. The number of fused-ring (bicyclic) bond motifs is 1. The molecule has 88 valence electrons. The molecule has 0 spiro atoms. The van der Waals surface area contributed by atoms with Gasteiger partial charge < -0.3 is 10.5 Å². The highest BCUT2D eigenvalue weighted by Crippen LogP contribution is 2.23. The van der Waals surface area contributed by atoms with Gasteiger partial charge in [0.15, 0.2) is 0 Å². The van der Waals surface area contributed by atoms with E-state index in [9.17, 15) is 0 Å². The van der Waals surface area contributed by atoms with Gasteiger partial charge in [0, 0.05) is 18.5 Å². The molecule has 0 fully saturated rings. The molecule has 0 saturated heterocycles. The average Bonchev–Trinajstić information content (AvgIpc) is 2.78. The molecule has 1 aliphatic rings. The Labute approximate surface area is 100 Å². The second-order valence-electron chi connectivity index (χ2n) is 4.13. The molecule has 1 aromatic heterocycles. The molecule has 2 heterocycles. The van der Waals surface area contributed by atoms with Gasteiger partial charge in [0.2, 0.25) is 0 Å². The summed E-state index contributed by atoms with van der Waals surface area (Å²) < 4.78 is 7.48. The number of rotatable bonds is 2. The van der Waals surface area contributed by atoms with E-state index in [1.807, 2.05) is 22.9 Å². The predicted octanol–water partition coefficient (Wildman–Crippen LogP) is 1.40. The zero-order valence-electron chi connectivity index (χ0n) is 9.60. The first-order chi connectivity index (χ1) is 8.40. The van der Waals surface area contributed by atoms with E-state index in [0.717, 1.165) is 24.4 Å². The predicted molar refractivity (Wildman–Crippen MR) is 64.8 cm³/mol. The maximum atomic E-state index is 5.73. The molecule has 2 N–H and O–H groups in total. The Kier molecular flexibility index (Phi) is 2.66. The van der Waals surface area contributed by atoms with Gasteiger partial charge in [-0.05, 0) is 12.1 Å². The van der Waals surface area contributed by atoms with Crippen molar-refractivity contribution in [3.05, 3.63) is 47.3 Å². The standard InChI is InChI=1S/C13H15N3O/c14-8-12-11-9-17-7-6-13(11)16(15-12)10-4-2-1-3-5-10/h1-5H,6-9,14H2. The Hall–Kier alpha value is -1.65. The van der Waals surface area contributed by atoms with Crippen LogP contribution in [0.2, 0.25) is 0 Å². The van der Waals surface area contributed by atoms with Crippen LogP contribution in [0.25, 0.3) is 5.69 Å². The largest absolute Gasteiger partial charge is 0.376 e. The van der Waals surface area contributed by atoms with Crippen LogP contribution in [0.3, 0.4) is 0 Å². The van der Waals surface area contributed by atoms with Crippen molar-refractivity contribution in [3.8, 4) is 5.69 Å². The number of hydrogen-bond donors (Lipinski definition) is 1. The summed E-state index contributed by atoms with van der Waals surface area (Å²) in [5.74, 6) is 0. The van der Waals surface area contributed by atoms with Crippen LogP contribution in [0.5, 0.6) is 0 Å². The fraction of sp³-hybridized carbons (Fsp3) is 0.308. The summed E-state index contributed by atoms with van der Waals surface area (Å²) in [6, 6.07) is 10.2. The van der Waals surface area contributed by atoms with Crippen LogP contribution >= 0.6 is 0 Å². The lowest BCUT2D eigenvalue weighted by atomic mass is 10.1. The molecule has 0 atom stereocenters. The van der Waals surface area contributed by atoms with Crippen molar-refractivity contribution in [2.45, 2.75) is 19.6 Å². The van der Waals surface area contributed by atoms with E-state index in [0.29, 0.717) is 13.2 Å². The molecular formula is C13H15N3O. The lowest BCUT2D eigenvalue weighted by Crippen LogP contribution is -2.13. The average molecular weight is 229 g/mol. The third kappa shape index (κ3) is 1.75. The van der Waals surface area contributed by atoms with Crippen molar-refractivity contribution in [1.82, 2.24) is 9.78 Å². The minimum atomic E-state index is 0.464. The van der Waals surface area contributed by atoms with E-state index >= 15 is 0 Å².